The van der Waals surface area contributed by atoms with Gasteiger partial charge in [0.15, 0.2) is 28.2 Å². The average Bonchev–Trinajstić information content (AvgIpc) is 2.78. The van der Waals surface area contributed by atoms with Gasteiger partial charge in [-0.25, -0.2) is 9.97 Å². The highest BCUT2D eigenvalue weighted by atomic mass is 79.9. The van der Waals surface area contributed by atoms with Crippen LogP contribution in [0.3, 0.4) is 0 Å². The molecule has 1 aromatic carbocycles. The molecule has 182 valence electrons. The average molecular weight is 612 g/mol. The van der Waals surface area contributed by atoms with Crippen LogP contribution in [0.4, 0.5) is 11.6 Å². The van der Waals surface area contributed by atoms with E-state index in [4.69, 9.17) is 32.5 Å². The van der Waals surface area contributed by atoms with Gasteiger partial charge in [-0.3, -0.25) is 4.79 Å². The lowest BCUT2D eigenvalue weighted by Gasteiger charge is -2.18. The lowest BCUT2D eigenvalue weighted by molar-refractivity contribution is 0.0949. The number of hydrogen-bond donors (Lipinski definition) is 6. The van der Waals surface area contributed by atoms with E-state index >= 15 is 0 Å². The smallest absolute Gasteiger partial charge is 0.273 e. The van der Waals surface area contributed by atoms with Gasteiger partial charge in [0.25, 0.3) is 5.91 Å². The van der Waals surface area contributed by atoms with Gasteiger partial charge in [-0.2, -0.15) is 0 Å². The van der Waals surface area contributed by atoms with Crippen molar-refractivity contribution in [2.75, 3.05) is 51.9 Å². The van der Waals surface area contributed by atoms with Gasteiger partial charge in [0.2, 0.25) is 0 Å². The van der Waals surface area contributed by atoms with Crippen molar-refractivity contribution >= 4 is 61.0 Å². The molecule has 0 unspecified atom stereocenters. The lowest BCUT2D eigenvalue weighted by atomic mass is 10.1. The Morgan fingerprint density at radius 1 is 1.00 bits per heavy atom. The Hall–Kier alpha value is -2.06. The number of carbonyl (C=O) groups is 1. The molecule has 1 amide bonds. The van der Waals surface area contributed by atoms with Gasteiger partial charge in [0.05, 0.1) is 19.8 Å². The molecule has 0 saturated heterocycles. The fourth-order valence-electron chi connectivity index (χ4n) is 2.87. The summed E-state index contributed by atoms with van der Waals surface area (Å²) < 4.78 is 11.8. The first-order valence-corrected chi connectivity index (χ1v) is 11.8. The third-order valence-electron chi connectivity index (χ3n) is 4.49. The molecule has 1 aromatic heterocycles. The molecule has 8 N–H and O–H groups in total. The molecule has 0 aliphatic rings. The summed E-state index contributed by atoms with van der Waals surface area (Å²) in [5.41, 5.74) is 11.7. The largest absolute Gasteiger partial charge is 0.506 e. The molecule has 2 aromatic rings. The summed E-state index contributed by atoms with van der Waals surface area (Å²) in [4.78, 5) is 19.8. The number of carbonyl (C=O) groups excluding carboxylic acids is 1. The van der Waals surface area contributed by atoms with Gasteiger partial charge >= 0.3 is 0 Å². The van der Waals surface area contributed by atoms with Crippen LogP contribution in [-0.2, 0) is 6.54 Å². The van der Waals surface area contributed by atoms with E-state index in [2.05, 4.69) is 57.8 Å². The molecule has 0 aliphatic carbocycles. The molecule has 0 aliphatic heterocycles. The number of phenols is 1. The summed E-state index contributed by atoms with van der Waals surface area (Å²) >= 11 is 12.6. The highest BCUT2D eigenvalue weighted by molar-refractivity contribution is 9.11. The number of anilines is 2. The van der Waals surface area contributed by atoms with Crippen LogP contribution >= 0.6 is 43.5 Å². The molecule has 1 heterocycles. The second-order valence-corrected chi connectivity index (χ2v) is 8.64. The monoisotopic (exact) mass is 609 g/mol. The minimum atomic E-state index is -0.476. The number of amides is 1. The zero-order valence-corrected chi connectivity index (χ0v) is 22.0. The second-order valence-electron chi connectivity index (χ2n) is 6.69. The molecule has 2 rings (SSSR count). The van der Waals surface area contributed by atoms with Crippen LogP contribution < -0.4 is 36.9 Å². The highest BCUT2D eigenvalue weighted by Crippen LogP contribution is 2.48. The number of rotatable bonds is 12. The van der Waals surface area contributed by atoms with Gasteiger partial charge in [-0.15, -0.1) is 0 Å². The van der Waals surface area contributed by atoms with E-state index in [0.29, 0.717) is 52.2 Å². The van der Waals surface area contributed by atoms with Gasteiger partial charge in [-0.05, 0) is 51.4 Å². The lowest BCUT2D eigenvalue weighted by Crippen LogP contribution is -2.33. The predicted molar refractivity (Wildman–Crippen MR) is 134 cm³/mol. The van der Waals surface area contributed by atoms with Crippen molar-refractivity contribution in [3.8, 4) is 17.2 Å². The quantitative estimate of drug-likeness (QED) is 0.195. The number of hydrogen-bond acceptors (Lipinski definition) is 10. The number of aromatic hydroxyl groups is 1. The Morgan fingerprint density at radius 2 is 1.67 bits per heavy atom. The maximum absolute atomic E-state index is 12.1. The van der Waals surface area contributed by atoms with E-state index in [0.717, 1.165) is 13.0 Å². The molecular weight excluding hydrogens is 586 g/mol. The first kappa shape index (κ1) is 27.2. The Bertz CT molecular complexity index is 998. The van der Waals surface area contributed by atoms with E-state index in [9.17, 15) is 9.90 Å². The molecule has 0 atom stereocenters. The number of aromatic nitrogens is 2. The number of halogens is 3. The SMILES string of the molecule is COc1c(Br)c(O)c(CNCCCNCCNC(=O)c2nc(Cl)c(N)nc2N)c(OC)c1Br. The number of phenolic OH excluding ortho intramolecular Hbond substituents is 1. The third kappa shape index (κ3) is 6.96. The number of benzene rings is 1. The zero-order chi connectivity index (χ0) is 24.5. The molecule has 14 heteroatoms. The minimum absolute atomic E-state index is 0.0260. The first-order chi connectivity index (χ1) is 15.7. The summed E-state index contributed by atoms with van der Waals surface area (Å²) in [5, 5.41) is 19.6. The van der Waals surface area contributed by atoms with E-state index in [1.807, 2.05) is 0 Å². The number of nitrogens with two attached hydrogens (primary N) is 2. The van der Waals surface area contributed by atoms with E-state index in [-0.39, 0.29) is 28.2 Å². The third-order valence-corrected chi connectivity index (χ3v) is 6.22. The number of methoxy groups -OCH3 is 2. The summed E-state index contributed by atoms with van der Waals surface area (Å²) in [6, 6.07) is 0. The topological polar surface area (TPSA) is 170 Å². The first-order valence-electron chi connectivity index (χ1n) is 9.81. The summed E-state index contributed by atoms with van der Waals surface area (Å²) in [7, 11) is 3.04. The van der Waals surface area contributed by atoms with Crippen molar-refractivity contribution in [3.05, 3.63) is 25.4 Å². The number of ether oxygens (including phenoxy) is 2. The van der Waals surface area contributed by atoms with Gasteiger partial charge in [0.1, 0.15) is 20.4 Å². The minimum Gasteiger partial charge on any atom is -0.506 e. The van der Waals surface area contributed by atoms with Crippen molar-refractivity contribution in [1.82, 2.24) is 25.9 Å². The molecular formula is C19H26Br2ClN7O4. The van der Waals surface area contributed by atoms with Crippen molar-refractivity contribution in [2.45, 2.75) is 13.0 Å². The zero-order valence-electron chi connectivity index (χ0n) is 18.1. The number of nitrogens with one attached hydrogen (secondary N) is 3. The number of nitrogen functional groups attached to an aromatic ring is 2. The summed E-state index contributed by atoms with van der Waals surface area (Å²) in [6.07, 6.45) is 0.821. The van der Waals surface area contributed by atoms with Crippen molar-refractivity contribution < 1.29 is 19.4 Å². The fraction of sp³-hybridized carbons (Fsp3) is 0.421. The van der Waals surface area contributed by atoms with Gasteiger partial charge in [-0.1, -0.05) is 11.6 Å². The van der Waals surface area contributed by atoms with Crippen molar-refractivity contribution in [3.63, 3.8) is 0 Å². The second kappa shape index (κ2) is 13.0. The normalized spacial score (nSPS) is 10.8. The van der Waals surface area contributed by atoms with Crippen LogP contribution in [0.15, 0.2) is 8.95 Å². The maximum atomic E-state index is 12.1. The number of nitrogens with zero attached hydrogens (tertiary/aromatic N) is 2. The molecule has 33 heavy (non-hydrogen) atoms. The van der Waals surface area contributed by atoms with Crippen molar-refractivity contribution in [1.29, 1.82) is 0 Å². The van der Waals surface area contributed by atoms with E-state index in [1.54, 1.807) is 0 Å². The molecule has 0 spiro atoms. The standard InChI is InChI=1S/C19H26Br2ClN7O4/c1-32-14-9(13(30)10(20)15(33-2)11(14)21)8-26-5-3-4-25-6-7-27-19(31)12-17(23)29-18(24)16(22)28-12/h25-26,30H,3-8H2,1-2H3,(H,27,31)(H4,23,24,29). The van der Waals surface area contributed by atoms with Crippen LogP contribution in [0.1, 0.15) is 22.5 Å². The highest BCUT2D eigenvalue weighted by Gasteiger charge is 2.22. The van der Waals surface area contributed by atoms with Gasteiger partial charge < -0.3 is 42.0 Å². The molecule has 0 bridgehead atoms. The van der Waals surface area contributed by atoms with Crippen molar-refractivity contribution in [2.24, 2.45) is 0 Å². The van der Waals surface area contributed by atoms with E-state index < -0.39 is 5.91 Å². The Balaban J connectivity index is 1.70. The van der Waals surface area contributed by atoms with E-state index in [1.165, 1.54) is 14.2 Å². The molecule has 0 fully saturated rings. The Morgan fingerprint density at radius 3 is 2.33 bits per heavy atom. The van der Waals surface area contributed by atoms with Crippen LogP contribution in [0.2, 0.25) is 5.15 Å². The Kier molecular flexibility index (Phi) is 10.7. The predicted octanol–water partition coefficient (Wildman–Crippen LogP) is 2.04. The van der Waals surface area contributed by atoms with Crippen LogP contribution in [0.25, 0.3) is 0 Å². The molecule has 0 saturated carbocycles. The van der Waals surface area contributed by atoms with Crippen LogP contribution in [-0.4, -0.2) is 61.4 Å². The molecule has 0 radical (unpaired) electrons. The Labute approximate surface area is 213 Å². The summed E-state index contributed by atoms with van der Waals surface area (Å²) in [6.45, 7) is 2.74. The van der Waals surface area contributed by atoms with Gasteiger partial charge in [0, 0.05) is 19.6 Å². The summed E-state index contributed by atoms with van der Waals surface area (Å²) in [5.74, 6) is 0.436. The molecule has 11 nitrogen and oxygen atoms in total. The maximum Gasteiger partial charge on any atom is 0.273 e. The fourth-order valence-corrected chi connectivity index (χ4v) is 4.62. The van der Waals surface area contributed by atoms with Crippen LogP contribution in [0, 0.1) is 0 Å². The van der Waals surface area contributed by atoms with Crippen LogP contribution in [0.5, 0.6) is 17.2 Å².